The lowest BCUT2D eigenvalue weighted by Crippen LogP contribution is -2.32. The molecule has 1 aromatic rings. The van der Waals surface area contributed by atoms with Crippen LogP contribution in [0.3, 0.4) is 0 Å². The Kier molecular flexibility index (Phi) is 5.50. The number of aliphatic hydroxyl groups excluding tert-OH is 1. The summed E-state index contributed by atoms with van der Waals surface area (Å²) in [6.07, 6.45) is 0. The molecular formula is C15H23NO3S. The molecule has 0 aliphatic carbocycles. The fraction of sp³-hybridized carbons (Fsp3) is 0.467. The van der Waals surface area contributed by atoms with Gasteiger partial charge in [-0.2, -0.15) is 4.31 Å². The van der Waals surface area contributed by atoms with Crippen LogP contribution in [-0.4, -0.2) is 30.9 Å². The number of hydrogen-bond donors (Lipinski definition) is 1. The molecule has 0 spiro atoms. The molecule has 0 aromatic heterocycles. The van der Waals surface area contributed by atoms with Crippen molar-refractivity contribution in [1.82, 2.24) is 4.31 Å². The fourth-order valence-corrected chi connectivity index (χ4v) is 3.92. The summed E-state index contributed by atoms with van der Waals surface area (Å²) in [4.78, 5) is 0.268. The highest BCUT2D eigenvalue weighted by molar-refractivity contribution is 7.89. The van der Waals surface area contributed by atoms with Crippen molar-refractivity contribution in [2.75, 3.05) is 13.1 Å². The van der Waals surface area contributed by atoms with Crippen molar-refractivity contribution in [3.8, 4) is 0 Å². The first-order chi connectivity index (χ1) is 9.23. The van der Waals surface area contributed by atoms with Crippen LogP contribution >= 0.6 is 0 Å². The minimum absolute atomic E-state index is 0.170. The highest BCUT2D eigenvalue weighted by atomic mass is 32.2. The number of likely N-dealkylation sites (N-methyl/N-ethyl adjacent to an activating group) is 1. The summed E-state index contributed by atoms with van der Waals surface area (Å²) in [5.41, 5.74) is 2.99. The van der Waals surface area contributed by atoms with Gasteiger partial charge in [-0.05, 0) is 43.5 Å². The summed E-state index contributed by atoms with van der Waals surface area (Å²) in [6.45, 7) is 11.5. The van der Waals surface area contributed by atoms with Crippen LogP contribution in [0.5, 0.6) is 0 Å². The quantitative estimate of drug-likeness (QED) is 0.820. The van der Waals surface area contributed by atoms with E-state index >= 15 is 0 Å². The standard InChI is InChI=1S/C15H23NO3S/c1-6-16(9-11(2)3)20(18,19)15-8-14(10-17)7-12(4)13(15)5/h7-8,17H,2,6,9-10H2,1,3-5H3. The molecule has 20 heavy (non-hydrogen) atoms. The van der Waals surface area contributed by atoms with Crippen LogP contribution in [0, 0.1) is 13.8 Å². The third-order valence-electron chi connectivity index (χ3n) is 3.28. The van der Waals surface area contributed by atoms with Crippen LogP contribution in [0.15, 0.2) is 29.2 Å². The second-order valence-electron chi connectivity index (χ2n) is 5.08. The van der Waals surface area contributed by atoms with Gasteiger partial charge in [-0.3, -0.25) is 0 Å². The van der Waals surface area contributed by atoms with E-state index < -0.39 is 10.0 Å². The Morgan fingerprint density at radius 1 is 1.35 bits per heavy atom. The van der Waals surface area contributed by atoms with E-state index in [1.54, 1.807) is 26.8 Å². The topological polar surface area (TPSA) is 57.6 Å². The van der Waals surface area contributed by atoms with Crippen LogP contribution in [-0.2, 0) is 16.6 Å². The van der Waals surface area contributed by atoms with Crippen molar-refractivity contribution >= 4 is 10.0 Å². The second-order valence-corrected chi connectivity index (χ2v) is 6.99. The zero-order valence-corrected chi connectivity index (χ0v) is 13.4. The Bertz CT molecular complexity index is 606. The molecule has 1 N–H and O–H groups in total. The van der Waals surface area contributed by atoms with Gasteiger partial charge < -0.3 is 5.11 Å². The molecule has 0 fully saturated rings. The third-order valence-corrected chi connectivity index (χ3v) is 5.33. The van der Waals surface area contributed by atoms with Crippen molar-refractivity contribution < 1.29 is 13.5 Å². The van der Waals surface area contributed by atoms with Crippen LogP contribution in [0.4, 0.5) is 0 Å². The molecular weight excluding hydrogens is 274 g/mol. The van der Waals surface area contributed by atoms with E-state index in [9.17, 15) is 13.5 Å². The minimum atomic E-state index is -3.57. The Morgan fingerprint density at radius 3 is 2.40 bits per heavy atom. The number of hydrogen-bond acceptors (Lipinski definition) is 3. The summed E-state index contributed by atoms with van der Waals surface area (Å²) in [6, 6.07) is 3.36. The van der Waals surface area contributed by atoms with Gasteiger partial charge in [-0.15, -0.1) is 0 Å². The number of aryl methyl sites for hydroxylation is 1. The molecule has 0 aliphatic heterocycles. The number of nitrogens with zero attached hydrogens (tertiary/aromatic N) is 1. The molecule has 5 heteroatoms. The summed E-state index contributed by atoms with van der Waals surface area (Å²) >= 11 is 0. The van der Waals surface area contributed by atoms with Gasteiger partial charge in [0.05, 0.1) is 11.5 Å². The Morgan fingerprint density at radius 2 is 1.95 bits per heavy atom. The molecule has 0 aliphatic rings. The van der Waals surface area contributed by atoms with Crippen LogP contribution in [0.2, 0.25) is 0 Å². The molecule has 0 bridgehead atoms. The summed E-state index contributed by atoms with van der Waals surface area (Å²) < 4.78 is 26.9. The molecule has 0 unspecified atom stereocenters. The van der Waals surface area contributed by atoms with Gasteiger partial charge in [0.15, 0.2) is 0 Å². The lowest BCUT2D eigenvalue weighted by atomic mass is 10.1. The number of benzene rings is 1. The van der Waals surface area contributed by atoms with Gasteiger partial charge in [0.25, 0.3) is 0 Å². The zero-order chi connectivity index (χ0) is 15.5. The number of sulfonamides is 1. The molecule has 1 aromatic carbocycles. The van der Waals surface area contributed by atoms with Gasteiger partial charge >= 0.3 is 0 Å². The summed E-state index contributed by atoms with van der Waals surface area (Å²) in [5.74, 6) is 0. The average molecular weight is 297 g/mol. The Balaban J connectivity index is 3.40. The minimum Gasteiger partial charge on any atom is -0.392 e. The zero-order valence-electron chi connectivity index (χ0n) is 12.6. The van der Waals surface area contributed by atoms with Crippen molar-refractivity contribution in [1.29, 1.82) is 0 Å². The maximum atomic E-state index is 12.7. The fourth-order valence-electron chi connectivity index (χ4n) is 2.07. The molecule has 1 rings (SSSR count). The second kappa shape index (κ2) is 6.52. The summed E-state index contributed by atoms with van der Waals surface area (Å²) in [7, 11) is -3.57. The normalized spacial score (nSPS) is 11.9. The highest BCUT2D eigenvalue weighted by Crippen LogP contribution is 2.25. The maximum absolute atomic E-state index is 12.7. The maximum Gasteiger partial charge on any atom is 0.243 e. The average Bonchev–Trinajstić information content (AvgIpc) is 2.38. The first-order valence-electron chi connectivity index (χ1n) is 6.59. The van der Waals surface area contributed by atoms with E-state index in [4.69, 9.17) is 0 Å². The number of rotatable bonds is 6. The van der Waals surface area contributed by atoms with Crippen LogP contribution in [0.25, 0.3) is 0 Å². The van der Waals surface area contributed by atoms with Gasteiger partial charge in [-0.1, -0.05) is 25.1 Å². The largest absolute Gasteiger partial charge is 0.392 e. The molecule has 0 atom stereocenters. The highest BCUT2D eigenvalue weighted by Gasteiger charge is 2.25. The predicted molar refractivity (Wildman–Crippen MR) is 81.1 cm³/mol. The van der Waals surface area contributed by atoms with Crippen molar-refractivity contribution in [2.45, 2.75) is 39.2 Å². The Labute approximate surface area is 121 Å². The molecule has 0 radical (unpaired) electrons. The molecule has 112 valence electrons. The molecule has 4 nitrogen and oxygen atoms in total. The van der Waals surface area contributed by atoms with Gasteiger partial charge in [-0.25, -0.2) is 8.42 Å². The van der Waals surface area contributed by atoms with Gasteiger partial charge in [0, 0.05) is 13.1 Å². The van der Waals surface area contributed by atoms with E-state index in [0.29, 0.717) is 18.7 Å². The van der Waals surface area contributed by atoms with E-state index in [1.165, 1.54) is 4.31 Å². The van der Waals surface area contributed by atoms with E-state index in [2.05, 4.69) is 6.58 Å². The molecule has 0 saturated carbocycles. The van der Waals surface area contributed by atoms with E-state index in [1.807, 2.05) is 13.0 Å². The smallest absolute Gasteiger partial charge is 0.243 e. The Hall–Kier alpha value is -1.17. The first-order valence-corrected chi connectivity index (χ1v) is 8.03. The van der Waals surface area contributed by atoms with Gasteiger partial charge in [0.1, 0.15) is 0 Å². The van der Waals surface area contributed by atoms with Crippen molar-refractivity contribution in [3.63, 3.8) is 0 Å². The number of aliphatic hydroxyl groups is 1. The van der Waals surface area contributed by atoms with Crippen molar-refractivity contribution in [3.05, 3.63) is 41.0 Å². The third kappa shape index (κ3) is 3.48. The SMILES string of the molecule is C=C(C)CN(CC)S(=O)(=O)c1cc(CO)cc(C)c1C. The van der Waals surface area contributed by atoms with Crippen LogP contribution < -0.4 is 0 Å². The van der Waals surface area contributed by atoms with Crippen LogP contribution in [0.1, 0.15) is 30.5 Å². The van der Waals surface area contributed by atoms with E-state index in [-0.39, 0.29) is 11.5 Å². The molecule has 0 amide bonds. The summed E-state index contributed by atoms with van der Waals surface area (Å²) in [5, 5.41) is 9.26. The van der Waals surface area contributed by atoms with Gasteiger partial charge in [0.2, 0.25) is 10.0 Å². The molecule has 0 heterocycles. The van der Waals surface area contributed by atoms with Crippen molar-refractivity contribution in [2.24, 2.45) is 0 Å². The molecule has 0 saturated heterocycles. The monoisotopic (exact) mass is 297 g/mol. The van der Waals surface area contributed by atoms with E-state index in [0.717, 1.165) is 16.7 Å². The predicted octanol–water partition coefficient (Wildman–Crippen LogP) is 2.38. The lowest BCUT2D eigenvalue weighted by Gasteiger charge is -2.22. The first kappa shape index (κ1) is 16.9. The lowest BCUT2D eigenvalue weighted by molar-refractivity contribution is 0.281.